The smallest absolute Gasteiger partial charge is 0.338 e. The molecule has 1 N–H and O–H groups in total. The van der Waals surface area contributed by atoms with Crippen molar-refractivity contribution < 1.29 is 19.4 Å². The molecular formula is C20H25N3O4. The maximum atomic E-state index is 12.4. The maximum absolute atomic E-state index is 12.4. The van der Waals surface area contributed by atoms with Crippen molar-refractivity contribution in [1.82, 2.24) is 14.7 Å². The van der Waals surface area contributed by atoms with Crippen LogP contribution in [-0.4, -0.2) is 51.4 Å². The van der Waals surface area contributed by atoms with Gasteiger partial charge in [0.15, 0.2) is 0 Å². The predicted molar refractivity (Wildman–Crippen MR) is 99.9 cm³/mol. The molecule has 1 fully saturated rings. The number of rotatable bonds is 7. The summed E-state index contributed by atoms with van der Waals surface area (Å²) < 4.78 is 7.45. The molecular weight excluding hydrogens is 346 g/mol. The number of aromatic carboxylic acids is 1. The Morgan fingerprint density at radius 2 is 2.00 bits per heavy atom. The van der Waals surface area contributed by atoms with Crippen LogP contribution < -0.4 is 4.74 Å². The predicted octanol–water partition coefficient (Wildman–Crippen LogP) is 2.91. The summed E-state index contributed by atoms with van der Waals surface area (Å²) in [6.07, 6.45) is 5.66. The van der Waals surface area contributed by atoms with Gasteiger partial charge in [0.05, 0.1) is 24.4 Å². The highest BCUT2D eigenvalue weighted by atomic mass is 16.5. The van der Waals surface area contributed by atoms with E-state index in [2.05, 4.69) is 5.10 Å². The monoisotopic (exact) mass is 371 g/mol. The number of nitrogens with zero attached hydrogens (tertiary/aromatic N) is 3. The van der Waals surface area contributed by atoms with Crippen molar-refractivity contribution in [3.05, 3.63) is 47.8 Å². The molecule has 1 aliphatic heterocycles. The molecule has 1 aromatic heterocycles. The number of carboxylic acids is 1. The summed E-state index contributed by atoms with van der Waals surface area (Å²) in [5.41, 5.74) is 1.29. The van der Waals surface area contributed by atoms with Crippen LogP contribution in [0.25, 0.3) is 0 Å². The fourth-order valence-corrected chi connectivity index (χ4v) is 3.31. The number of aromatic nitrogens is 2. The largest absolute Gasteiger partial charge is 0.493 e. The maximum Gasteiger partial charge on any atom is 0.338 e. The number of piperidine rings is 1. The van der Waals surface area contributed by atoms with Crippen molar-refractivity contribution in [3.8, 4) is 5.75 Å². The molecule has 0 saturated carbocycles. The van der Waals surface area contributed by atoms with Crippen molar-refractivity contribution in [3.63, 3.8) is 0 Å². The van der Waals surface area contributed by atoms with Crippen LogP contribution in [0.15, 0.2) is 36.7 Å². The number of aryl methyl sites for hydroxylation is 1. The van der Waals surface area contributed by atoms with Gasteiger partial charge in [0, 0.05) is 25.7 Å². The minimum Gasteiger partial charge on any atom is -0.493 e. The average molecular weight is 371 g/mol. The quantitative estimate of drug-likeness (QED) is 0.757. The number of carbonyl (C=O) groups excluding carboxylic acids is 1. The van der Waals surface area contributed by atoms with Crippen molar-refractivity contribution in [2.24, 2.45) is 0 Å². The number of likely N-dealkylation sites (tertiary alicyclic amines) is 1. The van der Waals surface area contributed by atoms with Crippen LogP contribution in [-0.2, 0) is 4.79 Å². The summed E-state index contributed by atoms with van der Waals surface area (Å²) in [6.45, 7) is 3.87. The second-order valence-electron chi connectivity index (χ2n) is 6.84. The van der Waals surface area contributed by atoms with E-state index in [1.165, 1.54) is 6.20 Å². The Balaban J connectivity index is 1.39. The van der Waals surface area contributed by atoms with Gasteiger partial charge in [0.1, 0.15) is 5.75 Å². The van der Waals surface area contributed by atoms with Crippen LogP contribution in [0.3, 0.4) is 0 Å². The van der Waals surface area contributed by atoms with E-state index in [9.17, 15) is 9.59 Å². The lowest BCUT2D eigenvalue weighted by molar-refractivity contribution is -0.132. The number of hydrogen-bond acceptors (Lipinski definition) is 4. The fourth-order valence-electron chi connectivity index (χ4n) is 3.31. The number of carboxylic acid groups (broad SMARTS) is 1. The van der Waals surface area contributed by atoms with E-state index in [-0.39, 0.29) is 17.5 Å². The molecule has 144 valence electrons. The lowest BCUT2D eigenvalue weighted by atomic mass is 10.0. The van der Waals surface area contributed by atoms with Gasteiger partial charge in [0.25, 0.3) is 0 Å². The second-order valence-corrected chi connectivity index (χ2v) is 6.84. The summed E-state index contributed by atoms with van der Waals surface area (Å²) in [5.74, 6) is 0.0426. The first kappa shape index (κ1) is 18.9. The molecule has 1 amide bonds. The van der Waals surface area contributed by atoms with Crippen molar-refractivity contribution >= 4 is 11.9 Å². The first-order valence-electron chi connectivity index (χ1n) is 9.28. The van der Waals surface area contributed by atoms with Gasteiger partial charge >= 0.3 is 5.97 Å². The molecule has 0 aliphatic carbocycles. The van der Waals surface area contributed by atoms with Crippen molar-refractivity contribution in [2.45, 2.75) is 38.6 Å². The highest BCUT2D eigenvalue weighted by Gasteiger charge is 2.24. The van der Waals surface area contributed by atoms with E-state index in [4.69, 9.17) is 9.84 Å². The van der Waals surface area contributed by atoms with Crippen molar-refractivity contribution in [1.29, 1.82) is 0 Å². The molecule has 2 aromatic rings. The zero-order valence-corrected chi connectivity index (χ0v) is 15.5. The molecule has 0 atom stereocenters. The standard InChI is InChI=1S/C20H25N3O4/c1-15-5-2-3-6-18(15)27-12-4-7-19(24)22-10-8-17(9-11-22)23-14-16(13-21-23)20(25)26/h2-3,5-6,13-14,17H,4,7-12H2,1H3,(H,25,26). The van der Waals surface area contributed by atoms with E-state index in [0.29, 0.717) is 32.5 Å². The molecule has 27 heavy (non-hydrogen) atoms. The molecule has 1 aliphatic rings. The number of para-hydroxylation sites is 1. The van der Waals surface area contributed by atoms with E-state index in [1.54, 1.807) is 10.9 Å². The summed E-state index contributed by atoms with van der Waals surface area (Å²) in [4.78, 5) is 25.2. The molecule has 3 rings (SSSR count). The lowest BCUT2D eigenvalue weighted by Gasteiger charge is -2.32. The Labute approximate surface area is 158 Å². The summed E-state index contributed by atoms with van der Waals surface area (Å²) in [5, 5.41) is 13.1. The second kappa shape index (κ2) is 8.70. The number of carbonyl (C=O) groups is 2. The van der Waals surface area contributed by atoms with E-state index >= 15 is 0 Å². The number of benzene rings is 1. The van der Waals surface area contributed by atoms with E-state index < -0.39 is 5.97 Å². The van der Waals surface area contributed by atoms with E-state index in [1.807, 2.05) is 36.1 Å². The van der Waals surface area contributed by atoms with Gasteiger partial charge < -0.3 is 14.7 Å². The highest BCUT2D eigenvalue weighted by Crippen LogP contribution is 2.23. The minimum atomic E-state index is -0.971. The van der Waals surface area contributed by atoms with Gasteiger partial charge in [-0.1, -0.05) is 18.2 Å². The molecule has 0 spiro atoms. The van der Waals surface area contributed by atoms with Crippen LogP contribution in [0.2, 0.25) is 0 Å². The summed E-state index contributed by atoms with van der Waals surface area (Å²) >= 11 is 0. The Morgan fingerprint density at radius 1 is 1.26 bits per heavy atom. The van der Waals surface area contributed by atoms with Crippen LogP contribution in [0.4, 0.5) is 0 Å². The Kier molecular flexibility index (Phi) is 6.11. The molecule has 1 aromatic carbocycles. The number of ether oxygens (including phenoxy) is 1. The SMILES string of the molecule is Cc1ccccc1OCCCC(=O)N1CCC(n2cc(C(=O)O)cn2)CC1. The summed E-state index contributed by atoms with van der Waals surface area (Å²) in [7, 11) is 0. The van der Waals surface area contributed by atoms with Gasteiger partial charge in [-0.25, -0.2) is 4.79 Å². The van der Waals surface area contributed by atoms with E-state index in [0.717, 1.165) is 24.2 Å². The zero-order chi connectivity index (χ0) is 19.2. The third-order valence-electron chi connectivity index (χ3n) is 4.93. The molecule has 2 heterocycles. The van der Waals surface area contributed by atoms with Crippen LogP contribution in [0, 0.1) is 6.92 Å². The normalized spacial score (nSPS) is 14.9. The Morgan fingerprint density at radius 3 is 2.67 bits per heavy atom. The molecule has 7 heteroatoms. The molecule has 0 bridgehead atoms. The van der Waals surface area contributed by atoms with Gasteiger partial charge in [-0.2, -0.15) is 5.10 Å². The third kappa shape index (κ3) is 4.87. The first-order chi connectivity index (χ1) is 13.0. The zero-order valence-electron chi connectivity index (χ0n) is 15.5. The molecule has 7 nitrogen and oxygen atoms in total. The minimum absolute atomic E-state index is 0.145. The molecule has 1 saturated heterocycles. The molecule has 0 unspecified atom stereocenters. The van der Waals surface area contributed by atoms with Crippen LogP contribution >= 0.6 is 0 Å². The lowest BCUT2D eigenvalue weighted by Crippen LogP contribution is -2.39. The van der Waals surface area contributed by atoms with Gasteiger partial charge in [0.2, 0.25) is 5.91 Å². The first-order valence-corrected chi connectivity index (χ1v) is 9.28. The van der Waals surface area contributed by atoms with Crippen molar-refractivity contribution in [2.75, 3.05) is 19.7 Å². The van der Waals surface area contributed by atoms with Crippen LogP contribution in [0.5, 0.6) is 5.75 Å². The topological polar surface area (TPSA) is 84.7 Å². The van der Waals surface area contributed by atoms with Gasteiger partial charge in [-0.3, -0.25) is 9.48 Å². The Hall–Kier alpha value is -2.83. The number of hydrogen-bond donors (Lipinski definition) is 1. The summed E-state index contributed by atoms with van der Waals surface area (Å²) in [6, 6.07) is 8.00. The highest BCUT2D eigenvalue weighted by molar-refractivity contribution is 5.86. The fraction of sp³-hybridized carbons (Fsp3) is 0.450. The van der Waals surface area contributed by atoms with Gasteiger partial charge in [-0.05, 0) is 37.8 Å². The average Bonchev–Trinajstić information content (AvgIpc) is 3.17. The third-order valence-corrected chi connectivity index (χ3v) is 4.93. The van der Waals surface area contributed by atoms with Gasteiger partial charge in [-0.15, -0.1) is 0 Å². The van der Waals surface area contributed by atoms with Crippen LogP contribution in [0.1, 0.15) is 47.6 Å². The number of amides is 1. The molecule has 0 radical (unpaired) electrons. The Bertz CT molecular complexity index is 794.